The Hall–Kier alpha value is -9.68. The molecule has 12 rings (SSSR count). The first kappa shape index (κ1) is 72.6. The second kappa shape index (κ2) is 29.9. The van der Waals surface area contributed by atoms with Crippen LogP contribution in [0.15, 0.2) is 210 Å². The number of Topliss-reactive ketones (excluding diaryl/α,β-unsaturated/α-hetero) is 1. The highest BCUT2D eigenvalue weighted by Gasteiger charge is 2.78. The molecule has 1 aliphatic heterocycles. The van der Waals surface area contributed by atoms with Crippen molar-refractivity contribution in [3.8, 4) is 5.75 Å². The van der Waals surface area contributed by atoms with E-state index in [1.54, 1.807) is 122 Å². The number of aliphatic hydroxyl groups is 3. The summed E-state index contributed by atoms with van der Waals surface area (Å²) in [7, 11) is -2.04. The second-order valence-electron chi connectivity index (χ2n) is 27.1. The molecule has 7 aromatic carbocycles. The molecule has 0 spiro atoms. The molecule has 3 aliphatic carbocycles. The molecule has 3 fully saturated rings. The van der Waals surface area contributed by atoms with Gasteiger partial charge in [0.15, 0.2) is 23.6 Å². The van der Waals surface area contributed by atoms with E-state index in [1.165, 1.54) is 26.0 Å². The summed E-state index contributed by atoms with van der Waals surface area (Å²) in [5.41, 5.74) is -4.27. The summed E-state index contributed by atoms with van der Waals surface area (Å²) >= 11 is 0. The SMILES string of the molecule is CC(=O)O[C@H]1C(=O)[C@@]2(C)C([C@H](OC(=O)c3ccccc3)[C@]3(O)C[C@H](OC(=O)[C@H](O)[C@@H](NC(=O)c4ccccc4)c4ccccc4)C(C)=C1C3(C)C)[C@]1(OC(C)=O)CO[C@@H]1C[C@@H]2O.COc1cc(NC(C)CCCN(Cc2ccccc2)S(=O)(=O)c2ccc3ccccc3c2)c2ncccc2c1. The number of amides is 1. The predicted octanol–water partition coefficient (Wildman–Crippen LogP) is 10.6. The minimum atomic E-state index is -3.70. The van der Waals surface area contributed by atoms with E-state index in [0.29, 0.717) is 30.0 Å². The molecule has 1 saturated heterocycles. The number of benzene rings is 7. The first-order chi connectivity index (χ1) is 48.2. The lowest BCUT2D eigenvalue weighted by Gasteiger charge is -2.67. The average Bonchev–Trinajstić information content (AvgIpc) is 0.669. The zero-order chi connectivity index (χ0) is 72.2. The van der Waals surface area contributed by atoms with Gasteiger partial charge >= 0.3 is 23.9 Å². The molecule has 12 atom stereocenters. The Kier molecular flexibility index (Phi) is 21.5. The third kappa shape index (κ3) is 14.5. The number of rotatable bonds is 21. The lowest BCUT2D eigenvalue weighted by Crippen LogP contribution is -2.82. The van der Waals surface area contributed by atoms with Crippen LogP contribution in [-0.2, 0) is 59.4 Å². The number of carbonyl (C=O) groups excluding carboxylic acids is 6. The molecule has 5 N–H and O–H groups in total. The van der Waals surface area contributed by atoms with E-state index in [1.807, 2.05) is 84.9 Å². The van der Waals surface area contributed by atoms with Crippen molar-refractivity contribution in [2.24, 2.45) is 16.7 Å². The summed E-state index contributed by atoms with van der Waals surface area (Å²) in [6.07, 6.45) is -7.25. The van der Waals surface area contributed by atoms with Gasteiger partial charge in [0.1, 0.15) is 29.7 Å². The minimum absolute atomic E-state index is 0.00289. The Balaban J connectivity index is 0.000000225. The van der Waals surface area contributed by atoms with Gasteiger partial charge in [-0.3, -0.25) is 24.2 Å². The molecule has 0 radical (unpaired) electrons. The fourth-order valence-corrected chi connectivity index (χ4v) is 16.5. The maximum atomic E-state index is 15.5. The standard InChI is InChI=1S/C47H51NO14.C32H33N3O3S/c1-25-31(60-43(56)36(52)35(28-16-10-7-11-17-28)48-41(54)29-18-12-8-13-19-29)23-47(57)40(61-42(55)30-20-14-9-15-21-30)38-45(6,32(51)22-33-46(38,24-58-33)62-27(3)50)39(53)37(59-26(2)49)34(25)44(47,4)5;1-24(34-31-22-29(38-2)20-28-15-8-18-33-32(28)31)10-9-19-35(23-25-11-4-3-5-12-25)39(36,37)30-17-16-26-13-6-7-14-27(26)21-30/h7-21,31-33,35-38,40,51-52,57H,22-24H2,1-6H3,(H,48,54);3-8,11-18,20-22,24,34H,9-10,19,23H2,1-2H3/t31-,32-,33+,35-,36+,37+,38?,40-,45+,46-,47+;/m0./s1. The van der Waals surface area contributed by atoms with E-state index < -0.39 is 123 Å². The van der Waals surface area contributed by atoms with Crippen LogP contribution in [-0.4, -0.2) is 143 Å². The fraction of sp³-hybridized carbons (Fsp3) is 0.354. The van der Waals surface area contributed by atoms with Gasteiger partial charge in [-0.1, -0.05) is 147 Å². The molecule has 22 heteroatoms. The van der Waals surface area contributed by atoms with Crippen molar-refractivity contribution in [1.82, 2.24) is 14.6 Å². The van der Waals surface area contributed by atoms with E-state index in [2.05, 4.69) is 22.5 Å². The van der Waals surface area contributed by atoms with E-state index in [0.717, 1.165) is 58.9 Å². The number of nitrogens with zero attached hydrogens (tertiary/aromatic N) is 2. The van der Waals surface area contributed by atoms with Gasteiger partial charge in [0, 0.05) is 74.4 Å². The van der Waals surface area contributed by atoms with Crippen LogP contribution >= 0.6 is 0 Å². The van der Waals surface area contributed by atoms with Gasteiger partial charge in [0.05, 0.1) is 58.9 Å². The second-order valence-corrected chi connectivity index (χ2v) is 29.1. The van der Waals surface area contributed by atoms with Crippen LogP contribution in [0.4, 0.5) is 5.69 Å². The lowest BCUT2D eigenvalue weighted by atomic mass is 9.44. The number of aromatic nitrogens is 1. The number of hydrogen-bond donors (Lipinski definition) is 5. The van der Waals surface area contributed by atoms with E-state index in [4.69, 9.17) is 28.4 Å². The number of ether oxygens (including phenoxy) is 6. The molecule has 528 valence electrons. The Labute approximate surface area is 586 Å². The van der Waals surface area contributed by atoms with Crippen LogP contribution in [0.25, 0.3) is 21.7 Å². The molecule has 21 nitrogen and oxygen atoms in total. The van der Waals surface area contributed by atoms with Crippen LogP contribution in [0.2, 0.25) is 0 Å². The van der Waals surface area contributed by atoms with Crippen molar-refractivity contribution in [1.29, 1.82) is 0 Å². The van der Waals surface area contributed by atoms with Crippen LogP contribution in [0.5, 0.6) is 5.75 Å². The van der Waals surface area contributed by atoms with Crippen LogP contribution < -0.4 is 15.4 Å². The number of pyridine rings is 1. The van der Waals surface area contributed by atoms with Crippen LogP contribution in [0, 0.1) is 16.7 Å². The number of sulfonamides is 1. The molecule has 1 aromatic heterocycles. The fourth-order valence-electron chi connectivity index (χ4n) is 15.0. The molecule has 2 saturated carbocycles. The number of esters is 4. The first-order valence-electron chi connectivity index (χ1n) is 33.6. The Morgan fingerprint density at radius 1 is 0.752 bits per heavy atom. The topological polar surface area (TPSA) is 293 Å². The van der Waals surface area contributed by atoms with Gasteiger partial charge < -0.3 is 54.4 Å². The average molecular weight is 1390 g/mol. The highest BCUT2D eigenvalue weighted by Crippen LogP contribution is 2.64. The summed E-state index contributed by atoms with van der Waals surface area (Å²) < 4.78 is 65.1. The van der Waals surface area contributed by atoms with Gasteiger partial charge in [-0.2, -0.15) is 4.31 Å². The molecule has 4 aliphatic rings. The number of aliphatic hydroxyl groups excluding tert-OH is 2. The zero-order valence-electron chi connectivity index (χ0n) is 57.5. The monoisotopic (exact) mass is 1390 g/mol. The normalized spacial score (nSPS) is 24.4. The molecule has 101 heavy (non-hydrogen) atoms. The number of anilines is 1. The van der Waals surface area contributed by atoms with Crippen molar-refractivity contribution >= 4 is 73.0 Å². The van der Waals surface area contributed by atoms with Gasteiger partial charge in [-0.05, 0) is 115 Å². The Morgan fingerprint density at radius 2 is 1.38 bits per heavy atom. The van der Waals surface area contributed by atoms with Gasteiger partial charge in [0.25, 0.3) is 5.91 Å². The highest BCUT2D eigenvalue weighted by molar-refractivity contribution is 7.89. The number of nitrogens with one attached hydrogen (secondary N) is 2. The summed E-state index contributed by atoms with van der Waals surface area (Å²) in [6, 6.07) is 53.8. The van der Waals surface area contributed by atoms with Crippen molar-refractivity contribution in [2.45, 2.75) is 145 Å². The maximum absolute atomic E-state index is 15.5. The molecule has 1 amide bonds. The molecule has 2 bridgehead atoms. The number of methoxy groups -OCH3 is 1. The van der Waals surface area contributed by atoms with Crippen LogP contribution in [0.1, 0.15) is 112 Å². The Morgan fingerprint density at radius 3 is 2.01 bits per heavy atom. The maximum Gasteiger partial charge on any atom is 0.338 e. The summed E-state index contributed by atoms with van der Waals surface area (Å²) in [4.78, 5) is 88.3. The number of carbonyl (C=O) groups is 6. The molecular formula is C79H84N4O17S. The van der Waals surface area contributed by atoms with E-state index in [-0.39, 0.29) is 41.3 Å². The molecule has 2 heterocycles. The van der Waals surface area contributed by atoms with Gasteiger partial charge in [-0.25, -0.2) is 18.0 Å². The predicted molar refractivity (Wildman–Crippen MR) is 376 cm³/mol. The zero-order valence-corrected chi connectivity index (χ0v) is 58.3. The smallest absolute Gasteiger partial charge is 0.338 e. The van der Waals surface area contributed by atoms with Crippen molar-refractivity contribution in [2.75, 3.05) is 25.6 Å². The number of fused-ring (bicyclic) bond motifs is 7. The lowest BCUT2D eigenvalue weighted by molar-refractivity contribution is -0.346. The minimum Gasteiger partial charge on any atom is -0.497 e. The van der Waals surface area contributed by atoms with E-state index in [9.17, 15) is 47.7 Å². The highest BCUT2D eigenvalue weighted by atomic mass is 32.2. The van der Waals surface area contributed by atoms with Crippen molar-refractivity contribution in [3.05, 3.63) is 228 Å². The third-order valence-corrected chi connectivity index (χ3v) is 22.2. The first-order valence-corrected chi connectivity index (χ1v) is 35.1. The molecule has 2 unspecified atom stereocenters. The molecular weight excluding hydrogens is 1310 g/mol. The summed E-state index contributed by atoms with van der Waals surface area (Å²) in [6.45, 7) is 10.8. The van der Waals surface area contributed by atoms with Gasteiger partial charge in [-0.15, -0.1) is 0 Å². The van der Waals surface area contributed by atoms with Crippen LogP contribution in [0.3, 0.4) is 0 Å². The molecule has 8 aromatic rings. The Bertz CT molecular complexity index is 4530. The summed E-state index contributed by atoms with van der Waals surface area (Å²) in [5, 5.41) is 46.7. The summed E-state index contributed by atoms with van der Waals surface area (Å²) in [5.74, 6) is -6.08. The largest absolute Gasteiger partial charge is 0.497 e. The number of hydrogen-bond acceptors (Lipinski definition) is 19. The van der Waals surface area contributed by atoms with E-state index >= 15 is 4.79 Å². The third-order valence-electron chi connectivity index (χ3n) is 20.4. The van der Waals surface area contributed by atoms with Crippen molar-refractivity contribution in [3.63, 3.8) is 0 Å². The van der Waals surface area contributed by atoms with Gasteiger partial charge in [0.2, 0.25) is 10.0 Å². The quantitative estimate of drug-likeness (QED) is 0.0254. The van der Waals surface area contributed by atoms with Crippen molar-refractivity contribution < 1.29 is 80.9 Å². The number of ketones is 1.